The molecule has 0 spiro atoms. The van der Waals surface area contributed by atoms with E-state index >= 15 is 0 Å². The highest BCUT2D eigenvalue weighted by molar-refractivity contribution is 7.80. The highest BCUT2D eigenvalue weighted by atomic mass is 35.5. The van der Waals surface area contributed by atoms with Gasteiger partial charge in [-0.05, 0) is 99.2 Å². The van der Waals surface area contributed by atoms with Crippen LogP contribution in [-0.4, -0.2) is 112 Å². The Bertz CT molecular complexity index is 2170. The van der Waals surface area contributed by atoms with Gasteiger partial charge in [0.2, 0.25) is 5.91 Å². The van der Waals surface area contributed by atoms with Crippen LogP contribution < -0.4 is 20.3 Å². The van der Waals surface area contributed by atoms with E-state index in [1.54, 1.807) is 29.2 Å². The summed E-state index contributed by atoms with van der Waals surface area (Å²) in [5, 5.41) is 17.1. The molecule has 4 amide bonds. The van der Waals surface area contributed by atoms with Crippen LogP contribution in [0.1, 0.15) is 95.1 Å². The van der Waals surface area contributed by atoms with Crippen LogP contribution in [0.4, 0.5) is 11.5 Å². The minimum Gasteiger partial charge on any atom is -0.490 e. The lowest BCUT2D eigenvalue weighted by molar-refractivity contribution is -0.156. The van der Waals surface area contributed by atoms with Gasteiger partial charge in [0.1, 0.15) is 23.2 Å². The molecule has 2 bridgehead atoms. The van der Waals surface area contributed by atoms with Crippen LogP contribution in [-0.2, 0) is 9.59 Å². The maximum atomic E-state index is 14.2. The van der Waals surface area contributed by atoms with Gasteiger partial charge in [-0.25, -0.2) is 0 Å². The van der Waals surface area contributed by atoms with Crippen LogP contribution in [0.3, 0.4) is 0 Å². The number of anilines is 2. The molecule has 6 aliphatic rings. The number of thiol groups is 1. The molecule has 16 heteroatoms. The molecular weight excluding hydrogens is 778 g/mol. The number of likely N-dealkylation sites (tertiary alicyclic amines) is 2. The first-order valence-electron chi connectivity index (χ1n) is 20.3. The van der Waals surface area contributed by atoms with Crippen LogP contribution in [0.25, 0.3) is 0 Å². The number of imide groups is 1. The van der Waals surface area contributed by atoms with Crippen molar-refractivity contribution in [3.8, 4) is 11.8 Å². The summed E-state index contributed by atoms with van der Waals surface area (Å²) in [4.78, 5) is 63.3. The van der Waals surface area contributed by atoms with Gasteiger partial charge < -0.3 is 25.2 Å². The van der Waals surface area contributed by atoms with Crippen molar-refractivity contribution in [2.24, 2.45) is 11.7 Å². The number of nitrogens with zero attached hydrogens (tertiary/aromatic N) is 8. The van der Waals surface area contributed by atoms with Crippen molar-refractivity contribution < 1.29 is 23.9 Å². The van der Waals surface area contributed by atoms with Crippen molar-refractivity contribution in [3.63, 3.8) is 0 Å². The van der Waals surface area contributed by atoms with Gasteiger partial charge in [0.15, 0.2) is 11.5 Å². The lowest BCUT2D eigenvalue weighted by Crippen LogP contribution is -2.58. The Morgan fingerprint density at radius 1 is 0.931 bits per heavy atom. The first-order chi connectivity index (χ1) is 28.1. The van der Waals surface area contributed by atoms with E-state index in [4.69, 9.17) is 34.7 Å². The molecule has 2 aromatic carbocycles. The third-order valence-electron chi connectivity index (χ3n) is 13.2. The summed E-state index contributed by atoms with van der Waals surface area (Å²) < 4.78 is 6.15. The van der Waals surface area contributed by atoms with Crippen molar-refractivity contribution in [1.29, 1.82) is 5.26 Å². The molecule has 0 radical (unpaired) electrons. The Labute approximate surface area is 347 Å². The van der Waals surface area contributed by atoms with E-state index in [-0.39, 0.29) is 48.4 Å². The Hall–Kier alpha value is -4.91. The lowest BCUT2D eigenvalue weighted by Gasteiger charge is -2.42. The van der Waals surface area contributed by atoms with Crippen LogP contribution in [0.5, 0.6) is 5.75 Å². The molecule has 4 saturated heterocycles. The molecule has 2 N–H and O–H groups in total. The average Bonchev–Trinajstić information content (AvgIpc) is 3.90. The zero-order chi connectivity index (χ0) is 40.2. The number of nitrogens with two attached hydrogens (primary N) is 1. The van der Waals surface area contributed by atoms with E-state index in [0.717, 1.165) is 69.1 Å². The maximum Gasteiger partial charge on any atom is 0.269 e. The minimum absolute atomic E-state index is 0.104. The van der Waals surface area contributed by atoms with Gasteiger partial charge in [-0.15, -0.1) is 22.8 Å². The number of benzene rings is 2. The number of piperidine rings is 2. The Morgan fingerprint density at radius 3 is 2.40 bits per heavy atom. The summed E-state index contributed by atoms with van der Waals surface area (Å²) in [5.74, 6) is 0.640. The largest absolute Gasteiger partial charge is 0.490 e. The number of rotatable bonds is 9. The highest BCUT2D eigenvalue weighted by Crippen LogP contribution is 2.44. The molecule has 5 fully saturated rings. The molecule has 0 unspecified atom stereocenters. The SMILES string of the molecule is N#Cc1ccc(OC2CCC(N3C(=O)CC[C@H](N4C(=O)c5cc(N6C[C@@H]7C[C@H]6CN7CC6CCN(c7ccc(C(N)=O)nn7)CC6)ccc5[C@@H]4S)C3=O)CC2)cc1Cl. The number of ether oxygens (including phenoxy) is 1. The Balaban J connectivity index is 0.792. The summed E-state index contributed by atoms with van der Waals surface area (Å²) in [6, 6.07) is 16.3. The Kier molecular flexibility index (Phi) is 10.4. The van der Waals surface area contributed by atoms with Crippen molar-refractivity contribution in [2.75, 3.05) is 42.5 Å². The topological polar surface area (TPSA) is 169 Å². The van der Waals surface area contributed by atoms with Gasteiger partial charge in [0.05, 0.1) is 16.7 Å². The van der Waals surface area contributed by atoms with E-state index in [1.807, 2.05) is 24.3 Å². The van der Waals surface area contributed by atoms with E-state index in [9.17, 15) is 24.4 Å². The first-order valence-corrected chi connectivity index (χ1v) is 21.2. The maximum absolute atomic E-state index is 14.2. The predicted molar refractivity (Wildman–Crippen MR) is 219 cm³/mol. The third-order valence-corrected chi connectivity index (χ3v) is 14.0. The van der Waals surface area contributed by atoms with Crippen LogP contribution in [0.15, 0.2) is 48.5 Å². The third kappa shape index (κ3) is 7.13. The molecule has 1 saturated carbocycles. The fourth-order valence-electron chi connectivity index (χ4n) is 10.1. The smallest absolute Gasteiger partial charge is 0.269 e. The lowest BCUT2D eigenvalue weighted by atomic mass is 9.89. The fourth-order valence-corrected chi connectivity index (χ4v) is 10.8. The van der Waals surface area contributed by atoms with E-state index < -0.39 is 17.3 Å². The van der Waals surface area contributed by atoms with Gasteiger partial charge >= 0.3 is 0 Å². The van der Waals surface area contributed by atoms with E-state index in [0.29, 0.717) is 65.6 Å². The number of carbonyl (C=O) groups is 4. The molecule has 5 aliphatic heterocycles. The summed E-state index contributed by atoms with van der Waals surface area (Å²) >= 11 is 11.1. The monoisotopic (exact) mass is 823 g/mol. The number of halogens is 1. The standard InChI is InChI=1S/C42H46ClN9O5S/c43-34-19-31(5-1-25(34)20-44)57-30-6-2-26(3-7-30)51-38(53)12-10-36(41(51)56)52-40(55)33-18-27(4-8-32(33)42(52)58)50-23-28-17-29(50)22-49(28)21-24-13-15-48(16-14-24)37-11-9-35(39(45)54)46-47-37/h1,4-5,8-9,11,18-19,24,26,28-30,36,42,58H,2-3,6-7,10,12-17,21-23H2,(H2,45,54)/t26?,28-,29-,30?,36-,42-/m0/s1. The number of aromatic nitrogens is 2. The number of carbonyl (C=O) groups excluding carboxylic acids is 4. The normalized spacial score (nSPS) is 27.6. The van der Waals surface area contributed by atoms with Crippen molar-refractivity contribution >= 4 is 59.4 Å². The molecule has 9 rings (SSSR count). The molecule has 14 nitrogen and oxygen atoms in total. The van der Waals surface area contributed by atoms with Crippen molar-refractivity contribution in [3.05, 3.63) is 75.9 Å². The van der Waals surface area contributed by atoms with Gasteiger partial charge in [-0.2, -0.15) is 5.26 Å². The van der Waals surface area contributed by atoms with Crippen molar-refractivity contribution in [1.82, 2.24) is 24.9 Å². The van der Waals surface area contributed by atoms with Gasteiger partial charge in [-0.1, -0.05) is 17.7 Å². The zero-order valence-electron chi connectivity index (χ0n) is 32.1. The molecule has 6 heterocycles. The van der Waals surface area contributed by atoms with Crippen LogP contribution in [0, 0.1) is 17.2 Å². The molecular formula is C42H46ClN9O5S. The molecule has 58 heavy (non-hydrogen) atoms. The second kappa shape index (κ2) is 15.7. The highest BCUT2D eigenvalue weighted by Gasteiger charge is 2.49. The van der Waals surface area contributed by atoms with Gasteiger partial charge in [0, 0.05) is 74.6 Å². The van der Waals surface area contributed by atoms with E-state index in [2.05, 4.69) is 31.0 Å². The summed E-state index contributed by atoms with van der Waals surface area (Å²) in [7, 11) is 0. The molecule has 302 valence electrons. The number of primary amides is 1. The number of amides is 4. The fraction of sp³-hybridized carbons (Fsp3) is 0.500. The molecule has 3 aromatic rings. The van der Waals surface area contributed by atoms with Crippen LogP contribution in [0.2, 0.25) is 5.02 Å². The number of nitriles is 1. The average molecular weight is 824 g/mol. The molecule has 4 atom stereocenters. The van der Waals surface area contributed by atoms with Gasteiger partial charge in [-0.3, -0.25) is 29.0 Å². The van der Waals surface area contributed by atoms with Crippen LogP contribution >= 0.6 is 24.2 Å². The Morgan fingerprint density at radius 2 is 1.72 bits per heavy atom. The summed E-state index contributed by atoms with van der Waals surface area (Å²) in [6.07, 6.45) is 6.08. The summed E-state index contributed by atoms with van der Waals surface area (Å²) in [5.41, 5.74) is 8.26. The number of fused-ring (bicyclic) bond motifs is 3. The number of hydrogen-bond donors (Lipinski definition) is 2. The number of hydrogen-bond acceptors (Lipinski definition) is 12. The van der Waals surface area contributed by atoms with Gasteiger partial charge in [0.25, 0.3) is 17.7 Å². The molecule has 1 aromatic heterocycles. The van der Waals surface area contributed by atoms with Crippen molar-refractivity contribution in [2.45, 2.75) is 93.4 Å². The second-order valence-corrected chi connectivity index (χ2v) is 17.4. The first kappa shape index (κ1) is 38.6. The predicted octanol–water partition coefficient (Wildman–Crippen LogP) is 4.57. The number of piperazine rings is 1. The van der Waals surface area contributed by atoms with E-state index in [1.165, 1.54) is 4.90 Å². The molecule has 1 aliphatic carbocycles. The zero-order valence-corrected chi connectivity index (χ0v) is 33.7. The minimum atomic E-state index is -0.767. The summed E-state index contributed by atoms with van der Waals surface area (Å²) in [6.45, 7) is 4.73. The second-order valence-electron chi connectivity index (χ2n) is 16.5. The quantitative estimate of drug-likeness (QED) is 0.229.